The lowest BCUT2D eigenvalue weighted by molar-refractivity contribution is 0.672. The SMILES string of the molecule is c1ccc(-c2nc(-c3ccccc3)nc(-c3cccc(-c4cccc5nc(-c6cccc7ccccc67)c6c7ccccc7oc6c45)c3)n2)cc1. The molecular weight excluding hydrogens is 625 g/mol. The molecule has 5 nitrogen and oxygen atoms in total. The molecule has 0 N–H and O–H groups in total. The van der Waals surface area contributed by atoms with Gasteiger partial charge in [0.15, 0.2) is 17.5 Å². The molecule has 0 aliphatic heterocycles. The van der Waals surface area contributed by atoms with Gasteiger partial charge < -0.3 is 4.42 Å². The number of hydrogen-bond acceptors (Lipinski definition) is 5. The van der Waals surface area contributed by atoms with Crippen LogP contribution in [0, 0.1) is 0 Å². The van der Waals surface area contributed by atoms with Crippen LogP contribution in [0.25, 0.3) is 100 Å². The van der Waals surface area contributed by atoms with Gasteiger partial charge in [-0.2, -0.15) is 0 Å². The summed E-state index contributed by atoms with van der Waals surface area (Å²) in [6.07, 6.45) is 0. The van der Waals surface area contributed by atoms with Gasteiger partial charge in [0.05, 0.1) is 22.0 Å². The maximum atomic E-state index is 6.77. The zero-order valence-corrected chi connectivity index (χ0v) is 27.4. The fraction of sp³-hybridized carbons (Fsp3) is 0. The first-order valence-electron chi connectivity index (χ1n) is 17.0. The van der Waals surface area contributed by atoms with Crippen molar-refractivity contribution in [2.75, 3.05) is 0 Å². The summed E-state index contributed by atoms with van der Waals surface area (Å²) in [7, 11) is 0. The van der Waals surface area contributed by atoms with E-state index in [0.29, 0.717) is 17.5 Å². The van der Waals surface area contributed by atoms with E-state index in [1.54, 1.807) is 0 Å². The number of pyridine rings is 1. The van der Waals surface area contributed by atoms with Crippen LogP contribution in [0.3, 0.4) is 0 Å². The number of hydrogen-bond donors (Lipinski definition) is 0. The van der Waals surface area contributed by atoms with E-state index in [4.69, 9.17) is 24.4 Å². The number of benzene rings is 7. The molecule has 0 unspecified atom stereocenters. The third-order valence-electron chi connectivity index (χ3n) is 9.51. The summed E-state index contributed by atoms with van der Waals surface area (Å²) in [6.45, 7) is 0. The topological polar surface area (TPSA) is 64.7 Å². The predicted octanol–water partition coefficient (Wildman–Crippen LogP) is 11.8. The second-order valence-electron chi connectivity index (χ2n) is 12.6. The van der Waals surface area contributed by atoms with Crippen molar-refractivity contribution >= 4 is 43.6 Å². The van der Waals surface area contributed by atoms with Crippen molar-refractivity contribution in [1.82, 2.24) is 19.9 Å². The van der Waals surface area contributed by atoms with E-state index in [2.05, 4.69) is 97.1 Å². The highest BCUT2D eigenvalue weighted by Gasteiger charge is 2.21. The number of aromatic nitrogens is 4. The van der Waals surface area contributed by atoms with E-state index in [0.717, 1.165) is 77.3 Å². The average molecular weight is 653 g/mol. The summed E-state index contributed by atoms with van der Waals surface area (Å²) in [5.41, 5.74) is 9.32. The maximum absolute atomic E-state index is 6.77. The van der Waals surface area contributed by atoms with E-state index in [-0.39, 0.29) is 0 Å². The van der Waals surface area contributed by atoms with Crippen LogP contribution in [0.2, 0.25) is 0 Å². The fourth-order valence-corrected chi connectivity index (χ4v) is 7.14. The average Bonchev–Trinajstić information content (AvgIpc) is 3.61. The molecule has 0 amide bonds. The van der Waals surface area contributed by atoms with Crippen molar-refractivity contribution in [2.24, 2.45) is 0 Å². The molecule has 0 bridgehead atoms. The van der Waals surface area contributed by atoms with E-state index in [1.165, 1.54) is 5.39 Å². The third-order valence-corrected chi connectivity index (χ3v) is 9.51. The Kier molecular flexibility index (Phi) is 6.74. The molecule has 0 saturated heterocycles. The minimum absolute atomic E-state index is 0.607. The minimum Gasteiger partial charge on any atom is -0.455 e. The van der Waals surface area contributed by atoms with Gasteiger partial charge in [-0.1, -0.05) is 152 Å². The van der Waals surface area contributed by atoms with Crippen LogP contribution >= 0.6 is 0 Å². The van der Waals surface area contributed by atoms with Crippen LogP contribution in [0.1, 0.15) is 0 Å². The standard InChI is InChI=1S/C46H28N4O/c1-3-15-30(16-4-1)44-48-45(31-17-5-2-6-18-31)50-46(49-44)33-21-11-20-32(28-33)35-24-13-26-38-40(35)43-41(37-23-9-10-27-39(37)51-43)42(47-38)36-25-12-19-29-14-7-8-22-34(29)36/h1-28H. The second kappa shape index (κ2) is 11.9. The van der Waals surface area contributed by atoms with Crippen molar-refractivity contribution < 1.29 is 4.42 Å². The van der Waals surface area contributed by atoms with Crippen molar-refractivity contribution in [3.8, 4) is 56.5 Å². The summed E-state index contributed by atoms with van der Waals surface area (Å²) < 4.78 is 6.77. The van der Waals surface area contributed by atoms with Crippen molar-refractivity contribution in [3.63, 3.8) is 0 Å². The quantitative estimate of drug-likeness (QED) is 0.185. The van der Waals surface area contributed by atoms with Gasteiger partial charge in [0.25, 0.3) is 0 Å². The van der Waals surface area contributed by atoms with Gasteiger partial charge in [-0.15, -0.1) is 0 Å². The highest BCUT2D eigenvalue weighted by Crippen LogP contribution is 2.44. The molecular formula is C46H28N4O. The molecule has 0 fully saturated rings. The Morgan fingerprint density at radius 3 is 1.69 bits per heavy atom. The Morgan fingerprint density at radius 1 is 0.373 bits per heavy atom. The van der Waals surface area contributed by atoms with Crippen molar-refractivity contribution in [2.45, 2.75) is 0 Å². The Morgan fingerprint density at radius 2 is 0.922 bits per heavy atom. The first kappa shape index (κ1) is 29.0. The molecule has 238 valence electrons. The highest BCUT2D eigenvalue weighted by molar-refractivity contribution is 6.23. The number of fused-ring (bicyclic) bond motifs is 6. The van der Waals surface area contributed by atoms with E-state index in [9.17, 15) is 0 Å². The maximum Gasteiger partial charge on any atom is 0.164 e. The highest BCUT2D eigenvalue weighted by atomic mass is 16.3. The number of para-hydroxylation sites is 1. The largest absolute Gasteiger partial charge is 0.455 e. The van der Waals surface area contributed by atoms with Crippen LogP contribution in [0.15, 0.2) is 174 Å². The smallest absolute Gasteiger partial charge is 0.164 e. The second-order valence-corrected chi connectivity index (χ2v) is 12.6. The molecule has 51 heavy (non-hydrogen) atoms. The summed E-state index contributed by atoms with van der Waals surface area (Å²) in [5, 5.41) is 5.35. The fourth-order valence-electron chi connectivity index (χ4n) is 7.14. The first-order valence-corrected chi connectivity index (χ1v) is 17.0. The van der Waals surface area contributed by atoms with Crippen LogP contribution in [-0.4, -0.2) is 19.9 Å². The predicted molar refractivity (Wildman–Crippen MR) is 207 cm³/mol. The van der Waals surface area contributed by atoms with Crippen LogP contribution < -0.4 is 0 Å². The third kappa shape index (κ3) is 4.94. The molecule has 10 aromatic rings. The van der Waals surface area contributed by atoms with Gasteiger partial charge in [0.1, 0.15) is 11.2 Å². The van der Waals surface area contributed by atoms with Gasteiger partial charge in [-0.25, -0.2) is 19.9 Å². The first-order chi connectivity index (χ1) is 25.3. The zero-order valence-electron chi connectivity index (χ0n) is 27.4. The Balaban J connectivity index is 1.20. The molecule has 5 heteroatoms. The van der Waals surface area contributed by atoms with Gasteiger partial charge in [-0.3, -0.25) is 0 Å². The lowest BCUT2D eigenvalue weighted by Crippen LogP contribution is -2.00. The molecule has 0 aliphatic rings. The molecule has 0 aliphatic carbocycles. The van der Waals surface area contributed by atoms with Gasteiger partial charge in [0.2, 0.25) is 0 Å². The van der Waals surface area contributed by atoms with E-state index in [1.807, 2.05) is 72.8 Å². The monoisotopic (exact) mass is 652 g/mol. The summed E-state index contributed by atoms with van der Waals surface area (Å²) >= 11 is 0. The Labute approximate surface area is 293 Å². The van der Waals surface area contributed by atoms with E-state index >= 15 is 0 Å². The van der Waals surface area contributed by atoms with Gasteiger partial charge in [-0.05, 0) is 40.1 Å². The summed E-state index contributed by atoms with van der Waals surface area (Å²) in [4.78, 5) is 20.3. The molecule has 0 atom stereocenters. The number of rotatable bonds is 5. The summed E-state index contributed by atoms with van der Waals surface area (Å²) in [6, 6.07) is 57.9. The van der Waals surface area contributed by atoms with Crippen molar-refractivity contribution in [1.29, 1.82) is 0 Å². The molecule has 0 spiro atoms. The van der Waals surface area contributed by atoms with Crippen LogP contribution in [0.5, 0.6) is 0 Å². The normalized spacial score (nSPS) is 11.5. The zero-order chi connectivity index (χ0) is 33.7. The van der Waals surface area contributed by atoms with E-state index < -0.39 is 0 Å². The van der Waals surface area contributed by atoms with Crippen molar-refractivity contribution in [3.05, 3.63) is 170 Å². The number of nitrogens with zero attached hydrogens (tertiary/aromatic N) is 4. The molecule has 7 aromatic carbocycles. The molecule has 0 saturated carbocycles. The van der Waals surface area contributed by atoms with Gasteiger partial charge >= 0.3 is 0 Å². The molecule has 10 rings (SSSR count). The summed E-state index contributed by atoms with van der Waals surface area (Å²) in [5.74, 6) is 1.86. The van der Waals surface area contributed by atoms with Crippen LogP contribution in [0.4, 0.5) is 0 Å². The number of furan rings is 1. The lowest BCUT2D eigenvalue weighted by Gasteiger charge is -2.13. The molecule has 3 aromatic heterocycles. The Hall–Kier alpha value is -6.98. The van der Waals surface area contributed by atoms with Gasteiger partial charge in [0, 0.05) is 27.6 Å². The molecule has 3 heterocycles. The Bertz CT molecular complexity index is 2850. The molecule has 0 radical (unpaired) electrons. The van der Waals surface area contributed by atoms with Crippen LogP contribution in [-0.2, 0) is 0 Å². The lowest BCUT2D eigenvalue weighted by atomic mass is 9.94. The minimum atomic E-state index is 0.607.